The largest absolute Gasteiger partial charge is 0.478 e. The highest BCUT2D eigenvalue weighted by Crippen LogP contribution is 2.29. The summed E-state index contributed by atoms with van der Waals surface area (Å²) in [6, 6.07) is 5.62. The van der Waals surface area contributed by atoms with Gasteiger partial charge < -0.3 is 10.4 Å². The molecule has 0 saturated carbocycles. The van der Waals surface area contributed by atoms with Crippen LogP contribution in [0.25, 0.3) is 6.08 Å². The molecule has 0 aliphatic carbocycles. The van der Waals surface area contributed by atoms with Crippen molar-refractivity contribution in [3.05, 3.63) is 33.8 Å². The van der Waals surface area contributed by atoms with Crippen LogP contribution >= 0.6 is 15.9 Å². The van der Waals surface area contributed by atoms with Crippen molar-refractivity contribution in [3.63, 3.8) is 0 Å². The Balaban J connectivity index is 2.52. The van der Waals surface area contributed by atoms with E-state index in [1.165, 1.54) is 0 Å². The van der Waals surface area contributed by atoms with Crippen molar-refractivity contribution in [2.45, 2.75) is 13.3 Å². The molecule has 1 aromatic carbocycles. The van der Waals surface area contributed by atoms with Crippen LogP contribution in [0.1, 0.15) is 18.9 Å². The molecule has 4 nitrogen and oxygen atoms in total. The van der Waals surface area contributed by atoms with E-state index in [1.807, 2.05) is 25.1 Å². The summed E-state index contributed by atoms with van der Waals surface area (Å²) in [4.78, 5) is 15.7. The Labute approximate surface area is 114 Å². The van der Waals surface area contributed by atoms with Crippen LogP contribution in [0.5, 0.6) is 0 Å². The van der Waals surface area contributed by atoms with Crippen LogP contribution in [0.3, 0.4) is 0 Å². The SMILES string of the molecule is CCNC1=Nc2cc(Br)ccc2C=C(C(=O)O)C1. The normalized spacial score (nSPS) is 14.1. The molecule has 0 saturated heterocycles. The highest BCUT2D eigenvalue weighted by atomic mass is 79.9. The lowest BCUT2D eigenvalue weighted by molar-refractivity contribution is -0.132. The summed E-state index contributed by atoms with van der Waals surface area (Å²) in [6.07, 6.45) is 1.99. The first-order valence-corrected chi connectivity index (χ1v) is 6.44. The van der Waals surface area contributed by atoms with Crippen LogP contribution in [0.2, 0.25) is 0 Å². The van der Waals surface area contributed by atoms with Gasteiger partial charge in [-0.3, -0.25) is 0 Å². The summed E-state index contributed by atoms with van der Waals surface area (Å²) in [5, 5.41) is 12.3. The molecule has 2 rings (SSSR count). The van der Waals surface area contributed by atoms with Gasteiger partial charge in [0.25, 0.3) is 0 Å². The number of hydrogen-bond acceptors (Lipinski definition) is 3. The van der Waals surface area contributed by atoms with Gasteiger partial charge in [-0.05, 0) is 25.1 Å². The fourth-order valence-electron chi connectivity index (χ4n) is 1.78. The molecule has 1 aromatic rings. The Morgan fingerprint density at radius 3 is 3.00 bits per heavy atom. The van der Waals surface area contributed by atoms with Crippen molar-refractivity contribution in [1.29, 1.82) is 0 Å². The summed E-state index contributed by atoms with van der Waals surface area (Å²) in [5.74, 6) is -0.223. The van der Waals surface area contributed by atoms with Gasteiger partial charge in [-0.2, -0.15) is 0 Å². The molecule has 1 heterocycles. The number of carbonyl (C=O) groups is 1. The Bertz CT molecular complexity index is 550. The summed E-state index contributed by atoms with van der Waals surface area (Å²) >= 11 is 3.39. The molecule has 5 heteroatoms. The average Bonchev–Trinajstić information content (AvgIpc) is 2.48. The highest BCUT2D eigenvalue weighted by Gasteiger charge is 2.16. The Hall–Kier alpha value is -1.62. The lowest BCUT2D eigenvalue weighted by Crippen LogP contribution is -2.24. The maximum Gasteiger partial charge on any atom is 0.332 e. The Morgan fingerprint density at radius 2 is 2.33 bits per heavy atom. The monoisotopic (exact) mass is 308 g/mol. The average molecular weight is 309 g/mol. The molecule has 0 spiro atoms. The maximum absolute atomic E-state index is 11.2. The fraction of sp³-hybridized carbons (Fsp3) is 0.231. The number of nitrogens with zero attached hydrogens (tertiary/aromatic N) is 1. The third-order valence-corrected chi connectivity index (χ3v) is 3.08. The van der Waals surface area contributed by atoms with Crippen LogP contribution in [0.15, 0.2) is 33.2 Å². The van der Waals surface area contributed by atoms with E-state index < -0.39 is 5.97 Å². The van der Waals surface area contributed by atoms with Gasteiger partial charge in [-0.25, -0.2) is 9.79 Å². The zero-order valence-corrected chi connectivity index (χ0v) is 11.5. The standard InChI is InChI=1S/C13H13BrN2O2/c1-2-15-12-6-9(13(17)18)5-8-3-4-10(14)7-11(8)16-12/h3-5,7H,2,6H2,1H3,(H,15,16)(H,17,18). The summed E-state index contributed by atoms with van der Waals surface area (Å²) in [7, 11) is 0. The van der Waals surface area contributed by atoms with Crippen molar-refractivity contribution in [2.24, 2.45) is 4.99 Å². The third kappa shape index (κ3) is 2.79. The second-order valence-corrected chi connectivity index (χ2v) is 4.86. The molecule has 0 bridgehead atoms. The molecule has 0 atom stereocenters. The van der Waals surface area contributed by atoms with Gasteiger partial charge in [0.05, 0.1) is 5.69 Å². The number of rotatable bonds is 2. The van der Waals surface area contributed by atoms with Gasteiger partial charge in [0.2, 0.25) is 0 Å². The lowest BCUT2D eigenvalue weighted by atomic mass is 10.1. The van der Waals surface area contributed by atoms with Gasteiger partial charge in [0.15, 0.2) is 0 Å². The zero-order chi connectivity index (χ0) is 13.1. The predicted octanol–water partition coefficient (Wildman–Crippen LogP) is 2.96. The van der Waals surface area contributed by atoms with Crippen LogP contribution in [-0.2, 0) is 4.79 Å². The summed E-state index contributed by atoms with van der Waals surface area (Å²) < 4.78 is 0.924. The number of nitrogens with one attached hydrogen (secondary N) is 1. The number of amidine groups is 1. The van der Waals surface area contributed by atoms with Crippen molar-refractivity contribution in [3.8, 4) is 0 Å². The van der Waals surface area contributed by atoms with Crippen LogP contribution in [0, 0.1) is 0 Å². The second kappa shape index (κ2) is 5.35. The number of carboxylic acids is 1. The number of aliphatic carboxylic acids is 1. The molecule has 94 valence electrons. The van der Waals surface area contributed by atoms with E-state index in [4.69, 9.17) is 5.11 Å². The van der Waals surface area contributed by atoms with E-state index in [-0.39, 0.29) is 0 Å². The molecule has 1 aliphatic rings. The summed E-state index contributed by atoms with van der Waals surface area (Å²) in [5.41, 5.74) is 1.94. The number of carboxylic acid groups (broad SMARTS) is 1. The molecule has 0 unspecified atom stereocenters. The van der Waals surface area contributed by atoms with E-state index in [0.717, 1.165) is 22.3 Å². The fourth-order valence-corrected chi connectivity index (χ4v) is 2.13. The van der Waals surface area contributed by atoms with E-state index >= 15 is 0 Å². The first-order chi connectivity index (χ1) is 8.60. The minimum absolute atomic E-state index is 0.315. The van der Waals surface area contributed by atoms with Crippen LogP contribution in [-0.4, -0.2) is 23.5 Å². The lowest BCUT2D eigenvalue weighted by Gasteiger charge is -2.06. The Morgan fingerprint density at radius 1 is 1.56 bits per heavy atom. The van der Waals surface area contributed by atoms with Crippen molar-refractivity contribution in [2.75, 3.05) is 6.54 Å². The molecular weight excluding hydrogens is 296 g/mol. The quantitative estimate of drug-likeness (QED) is 0.883. The van der Waals surface area contributed by atoms with Crippen molar-refractivity contribution in [1.82, 2.24) is 5.32 Å². The maximum atomic E-state index is 11.2. The molecule has 0 amide bonds. The number of benzene rings is 1. The second-order valence-electron chi connectivity index (χ2n) is 3.94. The molecule has 0 aromatic heterocycles. The van der Waals surface area contributed by atoms with Gasteiger partial charge in [-0.15, -0.1) is 0 Å². The van der Waals surface area contributed by atoms with Gasteiger partial charge >= 0.3 is 5.97 Å². The number of aliphatic imine (C=N–C) groups is 1. The number of fused-ring (bicyclic) bond motifs is 1. The zero-order valence-electron chi connectivity index (χ0n) is 9.90. The van der Waals surface area contributed by atoms with Gasteiger partial charge in [0.1, 0.15) is 5.84 Å². The van der Waals surface area contributed by atoms with Crippen molar-refractivity contribution >= 4 is 39.5 Å². The summed E-state index contributed by atoms with van der Waals surface area (Å²) in [6.45, 7) is 2.68. The first kappa shape index (κ1) is 12.8. The molecule has 2 N–H and O–H groups in total. The highest BCUT2D eigenvalue weighted by molar-refractivity contribution is 9.10. The smallest absolute Gasteiger partial charge is 0.332 e. The molecular formula is C13H13BrN2O2. The molecule has 1 aliphatic heterocycles. The van der Waals surface area contributed by atoms with Gasteiger partial charge in [0, 0.05) is 28.6 Å². The van der Waals surface area contributed by atoms with E-state index in [0.29, 0.717) is 17.8 Å². The minimum atomic E-state index is -0.906. The van der Waals surface area contributed by atoms with E-state index in [2.05, 4.69) is 26.2 Å². The van der Waals surface area contributed by atoms with Crippen LogP contribution < -0.4 is 5.32 Å². The molecule has 18 heavy (non-hydrogen) atoms. The van der Waals surface area contributed by atoms with Crippen molar-refractivity contribution < 1.29 is 9.90 Å². The molecule has 0 radical (unpaired) electrons. The van der Waals surface area contributed by atoms with E-state index in [9.17, 15) is 4.79 Å². The third-order valence-electron chi connectivity index (χ3n) is 2.59. The molecule has 0 fully saturated rings. The van der Waals surface area contributed by atoms with Crippen LogP contribution in [0.4, 0.5) is 5.69 Å². The van der Waals surface area contributed by atoms with Gasteiger partial charge in [-0.1, -0.05) is 22.0 Å². The van der Waals surface area contributed by atoms with E-state index in [1.54, 1.807) is 6.08 Å². The number of halogens is 1. The first-order valence-electron chi connectivity index (χ1n) is 5.65. The topological polar surface area (TPSA) is 61.7 Å². The Kier molecular flexibility index (Phi) is 3.81. The number of hydrogen-bond donors (Lipinski definition) is 2. The minimum Gasteiger partial charge on any atom is -0.478 e. The predicted molar refractivity (Wildman–Crippen MR) is 75.1 cm³/mol.